The van der Waals surface area contributed by atoms with Crippen molar-refractivity contribution in [3.63, 3.8) is 0 Å². The van der Waals surface area contributed by atoms with Crippen molar-refractivity contribution in [2.24, 2.45) is 0 Å². The van der Waals surface area contributed by atoms with Gasteiger partial charge in [-0.15, -0.1) is 0 Å². The maximum atomic E-state index is 12.3. The van der Waals surface area contributed by atoms with E-state index in [1.165, 1.54) is 29.9 Å². The first kappa shape index (κ1) is 26.8. The molecule has 182 valence electrons. The Kier molecular flexibility index (Phi) is 9.02. The number of ether oxygens (including phenoxy) is 1. The smallest absolute Gasteiger partial charge is 0.410 e. The average Bonchev–Trinajstić information content (AvgIpc) is 3.26. The molecule has 1 aromatic carbocycles. The zero-order valence-electron chi connectivity index (χ0n) is 20.1. The van der Waals surface area contributed by atoms with E-state index in [2.05, 4.69) is 24.1 Å². The van der Waals surface area contributed by atoms with Gasteiger partial charge in [0.15, 0.2) is 15.0 Å². The number of carbonyl (C=O) groups is 2. The van der Waals surface area contributed by atoms with Crippen LogP contribution in [0.3, 0.4) is 0 Å². The Hall–Kier alpha value is -2.46. The molecule has 0 aliphatic carbocycles. The van der Waals surface area contributed by atoms with Crippen LogP contribution in [0.4, 0.5) is 9.93 Å². The number of carbonyl (C=O) groups excluding carboxylic acids is 2. The molecular formula is C23H33N3O5S2. The molecule has 0 saturated carbocycles. The number of hydrogen-bond donors (Lipinski definition) is 1. The highest BCUT2D eigenvalue weighted by Gasteiger charge is 2.30. The molecule has 0 unspecified atom stereocenters. The Balaban J connectivity index is 0.00000122. The molecule has 2 aromatic rings. The first-order valence-corrected chi connectivity index (χ1v) is 13.4. The van der Waals surface area contributed by atoms with Gasteiger partial charge in [-0.1, -0.05) is 50.7 Å². The summed E-state index contributed by atoms with van der Waals surface area (Å²) in [4.78, 5) is 31.7. The lowest BCUT2D eigenvalue weighted by molar-refractivity contribution is -0.115. The van der Waals surface area contributed by atoms with Gasteiger partial charge in [0.05, 0.1) is 40.7 Å². The molecule has 10 heteroatoms. The fourth-order valence-electron chi connectivity index (χ4n) is 2.88. The molecule has 0 fully saturated rings. The van der Waals surface area contributed by atoms with Crippen molar-refractivity contribution in [1.29, 1.82) is 0 Å². The van der Waals surface area contributed by atoms with E-state index in [1.807, 2.05) is 20.8 Å². The molecule has 0 radical (unpaired) electrons. The standard InChI is InChI=1S/C20H25N3O5S2.C3H8/c1-5-30(26,27)14-8-6-13(7-9-14)10-17(24)22-18-21-15-11-23(12-16(15)29-18)19(25)28-20(2,3)4;1-3-2/h6-9H,5,10-12H2,1-4H3,(H,21,22,24);3H2,1-2H3. The highest BCUT2D eigenvalue weighted by atomic mass is 32.2. The molecule has 3 rings (SSSR count). The number of nitrogens with zero attached hydrogens (tertiary/aromatic N) is 2. The van der Waals surface area contributed by atoms with Gasteiger partial charge in [-0.25, -0.2) is 18.2 Å². The summed E-state index contributed by atoms with van der Waals surface area (Å²) in [5, 5.41) is 3.26. The minimum absolute atomic E-state index is 0.0346. The van der Waals surface area contributed by atoms with E-state index < -0.39 is 15.4 Å². The zero-order valence-corrected chi connectivity index (χ0v) is 21.7. The Labute approximate surface area is 200 Å². The number of amides is 2. The average molecular weight is 496 g/mol. The molecule has 0 atom stereocenters. The molecule has 1 N–H and O–H groups in total. The summed E-state index contributed by atoms with van der Waals surface area (Å²) in [5.74, 6) is -0.204. The number of nitrogens with one attached hydrogen (secondary N) is 1. The highest BCUT2D eigenvalue weighted by molar-refractivity contribution is 7.91. The van der Waals surface area contributed by atoms with Gasteiger partial charge in [0.25, 0.3) is 0 Å². The molecule has 1 aliphatic rings. The predicted octanol–water partition coefficient (Wildman–Crippen LogP) is 4.78. The number of aromatic nitrogens is 1. The maximum absolute atomic E-state index is 12.3. The van der Waals surface area contributed by atoms with Gasteiger partial charge in [0, 0.05) is 0 Å². The van der Waals surface area contributed by atoms with Crippen molar-refractivity contribution in [1.82, 2.24) is 9.88 Å². The Morgan fingerprint density at radius 3 is 2.24 bits per heavy atom. The summed E-state index contributed by atoms with van der Waals surface area (Å²) in [7, 11) is -3.26. The van der Waals surface area contributed by atoms with Crippen LogP contribution in [0.5, 0.6) is 0 Å². The fourth-order valence-corrected chi connectivity index (χ4v) is 4.77. The summed E-state index contributed by atoms with van der Waals surface area (Å²) < 4.78 is 29.1. The Morgan fingerprint density at radius 2 is 1.73 bits per heavy atom. The van der Waals surface area contributed by atoms with Crippen molar-refractivity contribution < 1.29 is 22.7 Å². The number of fused-ring (bicyclic) bond motifs is 1. The first-order valence-electron chi connectivity index (χ1n) is 11.0. The summed E-state index contributed by atoms with van der Waals surface area (Å²) >= 11 is 1.34. The van der Waals surface area contributed by atoms with E-state index in [-0.39, 0.29) is 29.1 Å². The van der Waals surface area contributed by atoms with Crippen molar-refractivity contribution in [2.75, 3.05) is 11.1 Å². The summed E-state index contributed by atoms with van der Waals surface area (Å²) in [6.07, 6.45) is 0.979. The minimum Gasteiger partial charge on any atom is -0.444 e. The van der Waals surface area contributed by atoms with E-state index in [0.717, 1.165) is 10.6 Å². The Morgan fingerprint density at radius 1 is 1.12 bits per heavy atom. The largest absolute Gasteiger partial charge is 0.444 e. The van der Waals surface area contributed by atoms with Gasteiger partial charge < -0.3 is 10.1 Å². The summed E-state index contributed by atoms with van der Waals surface area (Å²) in [6.45, 7) is 12.1. The highest BCUT2D eigenvalue weighted by Crippen LogP contribution is 2.32. The van der Waals surface area contributed by atoms with Gasteiger partial charge in [-0.05, 0) is 38.5 Å². The zero-order chi connectivity index (χ0) is 24.8. The second-order valence-corrected chi connectivity index (χ2v) is 12.1. The number of sulfone groups is 1. The summed E-state index contributed by atoms with van der Waals surface area (Å²) in [5.41, 5.74) is 0.913. The lowest BCUT2D eigenvalue weighted by atomic mass is 10.1. The van der Waals surface area contributed by atoms with Gasteiger partial charge in [0.2, 0.25) is 5.91 Å². The van der Waals surface area contributed by atoms with Crippen LogP contribution in [-0.4, -0.2) is 41.7 Å². The topological polar surface area (TPSA) is 106 Å². The molecule has 33 heavy (non-hydrogen) atoms. The van der Waals surface area contributed by atoms with Gasteiger partial charge in [-0.3, -0.25) is 9.69 Å². The molecule has 8 nitrogen and oxygen atoms in total. The van der Waals surface area contributed by atoms with Crippen molar-refractivity contribution in [3.05, 3.63) is 40.4 Å². The lowest BCUT2D eigenvalue weighted by Gasteiger charge is -2.24. The van der Waals surface area contributed by atoms with Gasteiger partial charge in [-0.2, -0.15) is 0 Å². The number of benzene rings is 1. The molecule has 0 saturated heterocycles. The number of anilines is 1. The van der Waals surface area contributed by atoms with Crippen LogP contribution in [-0.2, 0) is 38.9 Å². The van der Waals surface area contributed by atoms with Crippen LogP contribution in [0.15, 0.2) is 29.2 Å². The van der Waals surface area contributed by atoms with Crippen molar-refractivity contribution in [2.45, 2.75) is 78.0 Å². The summed E-state index contributed by atoms with van der Waals surface area (Å²) in [6, 6.07) is 6.32. The van der Waals surface area contributed by atoms with Crippen LogP contribution in [0.1, 0.15) is 64.1 Å². The quantitative estimate of drug-likeness (QED) is 0.640. The Bertz CT molecular complexity index is 1050. The van der Waals surface area contributed by atoms with E-state index in [1.54, 1.807) is 24.0 Å². The molecule has 0 spiro atoms. The minimum atomic E-state index is -3.26. The van der Waals surface area contributed by atoms with Crippen molar-refractivity contribution >= 4 is 38.3 Å². The van der Waals surface area contributed by atoms with E-state index in [4.69, 9.17) is 4.74 Å². The third-order valence-electron chi connectivity index (χ3n) is 4.38. The van der Waals surface area contributed by atoms with Crippen LogP contribution < -0.4 is 5.32 Å². The van der Waals surface area contributed by atoms with Gasteiger partial charge >= 0.3 is 6.09 Å². The fraction of sp³-hybridized carbons (Fsp3) is 0.522. The van der Waals surface area contributed by atoms with Crippen LogP contribution >= 0.6 is 11.3 Å². The molecule has 0 bridgehead atoms. The van der Waals surface area contributed by atoms with E-state index in [0.29, 0.717) is 23.8 Å². The second-order valence-electron chi connectivity index (χ2n) is 8.70. The third-order valence-corrected chi connectivity index (χ3v) is 7.13. The molecule has 2 heterocycles. The van der Waals surface area contributed by atoms with Crippen LogP contribution in [0.2, 0.25) is 0 Å². The van der Waals surface area contributed by atoms with E-state index >= 15 is 0 Å². The molecule has 1 aromatic heterocycles. The lowest BCUT2D eigenvalue weighted by Crippen LogP contribution is -2.33. The predicted molar refractivity (Wildman–Crippen MR) is 130 cm³/mol. The maximum Gasteiger partial charge on any atom is 0.410 e. The van der Waals surface area contributed by atoms with Crippen molar-refractivity contribution in [3.8, 4) is 0 Å². The van der Waals surface area contributed by atoms with Crippen LogP contribution in [0.25, 0.3) is 0 Å². The first-order chi connectivity index (χ1) is 15.4. The molecular weight excluding hydrogens is 462 g/mol. The normalized spacial score (nSPS) is 13.1. The van der Waals surface area contributed by atoms with Gasteiger partial charge in [0.1, 0.15) is 5.60 Å². The SMILES string of the molecule is CCC.CCS(=O)(=O)c1ccc(CC(=O)Nc2nc3c(s2)CN(C(=O)OC(C)(C)C)C3)cc1. The molecule has 2 amide bonds. The number of thiazole rings is 1. The third kappa shape index (κ3) is 7.82. The monoisotopic (exact) mass is 495 g/mol. The second kappa shape index (κ2) is 11.1. The van der Waals surface area contributed by atoms with Crippen LogP contribution in [0, 0.1) is 0 Å². The number of rotatable bonds is 5. The van der Waals surface area contributed by atoms with E-state index in [9.17, 15) is 18.0 Å². The number of hydrogen-bond acceptors (Lipinski definition) is 7. The molecule has 1 aliphatic heterocycles.